The molecular weight excluding hydrogens is 380 g/mol. The molecule has 2 aromatic carbocycles. The van der Waals surface area contributed by atoms with Gasteiger partial charge < -0.3 is 20.5 Å². The number of benzene rings is 2. The van der Waals surface area contributed by atoms with Crippen LogP contribution in [0.5, 0.6) is 11.5 Å². The van der Waals surface area contributed by atoms with Gasteiger partial charge in [-0.3, -0.25) is 9.59 Å². The van der Waals surface area contributed by atoms with E-state index in [2.05, 4.69) is 10.6 Å². The Kier molecular flexibility index (Phi) is 6.54. The van der Waals surface area contributed by atoms with Crippen molar-refractivity contribution in [3.63, 3.8) is 0 Å². The number of para-hydroxylation sites is 1. The van der Waals surface area contributed by atoms with Crippen LogP contribution < -0.4 is 15.4 Å². The molecule has 3 N–H and O–H groups in total. The maximum Gasteiger partial charge on any atom is 0.394 e. The van der Waals surface area contributed by atoms with E-state index in [0.717, 1.165) is 5.56 Å². The Labute approximate surface area is 166 Å². The summed E-state index contributed by atoms with van der Waals surface area (Å²) in [5, 5.41) is 13.4. The van der Waals surface area contributed by atoms with E-state index >= 15 is 0 Å². The zero-order valence-corrected chi connectivity index (χ0v) is 15.8. The fraction of sp³-hybridized carbons (Fsp3) is 0.250. The van der Waals surface area contributed by atoms with E-state index in [0.29, 0.717) is 23.7 Å². The van der Waals surface area contributed by atoms with Gasteiger partial charge in [-0.25, -0.2) is 4.79 Å². The number of amides is 2. The first-order valence-corrected chi connectivity index (χ1v) is 9.84. The van der Waals surface area contributed by atoms with E-state index in [1.165, 1.54) is 11.8 Å². The fourth-order valence-corrected chi connectivity index (χ4v) is 4.03. The van der Waals surface area contributed by atoms with Gasteiger partial charge in [-0.2, -0.15) is 0 Å². The molecule has 1 heterocycles. The van der Waals surface area contributed by atoms with E-state index in [1.54, 1.807) is 0 Å². The Morgan fingerprint density at radius 1 is 1.14 bits per heavy atom. The lowest BCUT2D eigenvalue weighted by molar-refractivity contribution is -0.150. The molecule has 3 rings (SSSR count). The van der Waals surface area contributed by atoms with Crippen LogP contribution in [-0.2, 0) is 14.4 Å². The second-order valence-electron chi connectivity index (χ2n) is 6.25. The van der Waals surface area contributed by atoms with Gasteiger partial charge in [0, 0.05) is 12.6 Å². The van der Waals surface area contributed by atoms with E-state index in [9.17, 15) is 14.4 Å². The van der Waals surface area contributed by atoms with Gasteiger partial charge in [0.25, 0.3) is 0 Å². The van der Waals surface area contributed by atoms with Crippen molar-refractivity contribution in [1.82, 2.24) is 10.6 Å². The predicted molar refractivity (Wildman–Crippen MR) is 105 cm³/mol. The maximum atomic E-state index is 12.7. The zero-order valence-electron chi connectivity index (χ0n) is 15.0. The number of aliphatic carboxylic acids is 1. The van der Waals surface area contributed by atoms with Crippen molar-refractivity contribution in [1.29, 1.82) is 0 Å². The Morgan fingerprint density at radius 2 is 1.89 bits per heavy atom. The molecule has 146 valence electrons. The summed E-state index contributed by atoms with van der Waals surface area (Å²) in [4.78, 5) is 34.4. The third-order valence-corrected chi connectivity index (χ3v) is 5.47. The van der Waals surface area contributed by atoms with Gasteiger partial charge in [-0.1, -0.05) is 30.3 Å². The minimum absolute atomic E-state index is 0.0846. The lowest BCUT2D eigenvalue weighted by Gasteiger charge is -2.17. The number of carbonyl (C=O) groups excluding carboxylic acids is 2. The van der Waals surface area contributed by atoms with Crippen molar-refractivity contribution in [2.45, 2.75) is 17.7 Å². The van der Waals surface area contributed by atoms with Crippen LogP contribution in [0.15, 0.2) is 54.6 Å². The van der Waals surface area contributed by atoms with Crippen LogP contribution in [0, 0.1) is 0 Å². The molecule has 1 aliphatic rings. The summed E-state index contributed by atoms with van der Waals surface area (Å²) >= 11 is 1.51. The predicted octanol–water partition coefficient (Wildman–Crippen LogP) is 2.34. The molecule has 1 fully saturated rings. The molecule has 0 unspecified atom stereocenters. The Morgan fingerprint density at radius 3 is 2.64 bits per heavy atom. The van der Waals surface area contributed by atoms with Crippen molar-refractivity contribution >= 4 is 29.5 Å². The summed E-state index contributed by atoms with van der Waals surface area (Å²) in [7, 11) is 0. The topological polar surface area (TPSA) is 105 Å². The molecule has 2 amide bonds. The highest BCUT2D eigenvalue weighted by Gasteiger charge is 2.28. The summed E-state index contributed by atoms with van der Waals surface area (Å²) in [5.74, 6) is -0.732. The standard InChI is InChI=1S/C20H20N2O5S/c23-18-17(28-10-9-14(22-18)12-21-19(24)20(25)26)13-5-4-8-16(11-13)27-15-6-2-1-3-7-15/h1-8,11,14,17H,9-10,12H2,(H,21,24)(H,22,23)(H,25,26)/t14-,17+/m0/s1. The number of nitrogens with one attached hydrogen (secondary N) is 2. The Bertz CT molecular complexity index is 859. The third-order valence-electron chi connectivity index (χ3n) is 4.18. The smallest absolute Gasteiger partial charge is 0.394 e. The molecule has 0 aromatic heterocycles. The average molecular weight is 400 g/mol. The van der Waals surface area contributed by atoms with Crippen LogP contribution in [0.3, 0.4) is 0 Å². The largest absolute Gasteiger partial charge is 0.474 e. The minimum atomic E-state index is -1.54. The highest BCUT2D eigenvalue weighted by atomic mass is 32.2. The number of carboxylic acid groups (broad SMARTS) is 1. The summed E-state index contributed by atoms with van der Waals surface area (Å²) in [5.41, 5.74) is 0.825. The monoisotopic (exact) mass is 400 g/mol. The van der Waals surface area contributed by atoms with E-state index < -0.39 is 17.1 Å². The first-order valence-electron chi connectivity index (χ1n) is 8.79. The summed E-state index contributed by atoms with van der Waals surface area (Å²) in [6.45, 7) is 0.0846. The molecule has 0 radical (unpaired) electrons. The summed E-state index contributed by atoms with van der Waals surface area (Å²) in [6, 6.07) is 16.5. The third kappa shape index (κ3) is 5.26. The van der Waals surface area contributed by atoms with Gasteiger partial charge >= 0.3 is 11.9 Å². The van der Waals surface area contributed by atoms with Crippen LogP contribution in [0.2, 0.25) is 0 Å². The second-order valence-corrected chi connectivity index (χ2v) is 7.46. The van der Waals surface area contributed by atoms with Crippen molar-refractivity contribution in [2.24, 2.45) is 0 Å². The van der Waals surface area contributed by atoms with Gasteiger partial charge in [-0.05, 0) is 42.0 Å². The minimum Gasteiger partial charge on any atom is -0.474 e. The van der Waals surface area contributed by atoms with Crippen LogP contribution in [0.1, 0.15) is 17.2 Å². The molecule has 2 atom stereocenters. The number of carboxylic acids is 1. The van der Waals surface area contributed by atoms with Gasteiger partial charge in [0.05, 0.1) is 0 Å². The number of hydrogen-bond donors (Lipinski definition) is 3. The number of thioether (sulfide) groups is 1. The van der Waals surface area contributed by atoms with Gasteiger partial charge in [0.1, 0.15) is 16.7 Å². The molecule has 8 heteroatoms. The first kappa shape index (κ1) is 19.8. The van der Waals surface area contributed by atoms with E-state index in [4.69, 9.17) is 9.84 Å². The molecule has 0 aliphatic carbocycles. The average Bonchev–Trinajstić information content (AvgIpc) is 2.88. The van der Waals surface area contributed by atoms with Crippen LogP contribution >= 0.6 is 11.8 Å². The highest BCUT2D eigenvalue weighted by Crippen LogP contribution is 2.34. The first-order chi connectivity index (χ1) is 13.5. The van der Waals surface area contributed by atoms with Gasteiger partial charge in [0.15, 0.2) is 0 Å². The number of rotatable bonds is 5. The second kappa shape index (κ2) is 9.27. The van der Waals surface area contributed by atoms with Crippen LogP contribution in [0.25, 0.3) is 0 Å². The van der Waals surface area contributed by atoms with Crippen molar-refractivity contribution in [2.75, 3.05) is 12.3 Å². The summed E-state index contributed by atoms with van der Waals surface area (Å²) in [6.07, 6.45) is 0.632. The molecular formula is C20H20N2O5S. The molecule has 0 spiro atoms. The number of hydrogen-bond acceptors (Lipinski definition) is 5. The fourth-order valence-electron chi connectivity index (χ4n) is 2.81. The van der Waals surface area contributed by atoms with Gasteiger partial charge in [-0.15, -0.1) is 11.8 Å². The lowest BCUT2D eigenvalue weighted by atomic mass is 10.1. The maximum absolute atomic E-state index is 12.7. The molecule has 1 saturated heterocycles. The van der Waals surface area contributed by atoms with Crippen molar-refractivity contribution in [3.8, 4) is 11.5 Å². The molecule has 0 bridgehead atoms. The Balaban J connectivity index is 1.65. The Hall–Kier alpha value is -3.00. The highest BCUT2D eigenvalue weighted by molar-refractivity contribution is 8.00. The molecule has 7 nitrogen and oxygen atoms in total. The SMILES string of the molecule is O=C(O)C(=O)NC[C@@H]1CCS[C@H](c2cccc(Oc3ccccc3)c2)C(=O)N1. The molecule has 2 aromatic rings. The normalized spacial score (nSPS) is 19.2. The summed E-state index contributed by atoms with van der Waals surface area (Å²) < 4.78 is 5.84. The zero-order chi connectivity index (χ0) is 19.9. The van der Waals surface area contributed by atoms with Crippen molar-refractivity contribution in [3.05, 3.63) is 60.2 Å². The molecule has 0 saturated carbocycles. The van der Waals surface area contributed by atoms with E-state index in [-0.39, 0.29) is 18.5 Å². The van der Waals surface area contributed by atoms with E-state index in [1.807, 2.05) is 54.6 Å². The van der Waals surface area contributed by atoms with Gasteiger partial charge in [0.2, 0.25) is 5.91 Å². The van der Waals surface area contributed by atoms with Crippen LogP contribution in [-0.4, -0.2) is 41.2 Å². The van der Waals surface area contributed by atoms with Crippen molar-refractivity contribution < 1.29 is 24.2 Å². The van der Waals surface area contributed by atoms with Crippen LogP contribution in [0.4, 0.5) is 0 Å². The number of carbonyl (C=O) groups is 3. The number of ether oxygens (including phenoxy) is 1. The quantitative estimate of drug-likeness (QED) is 0.666. The molecule has 28 heavy (non-hydrogen) atoms. The molecule has 1 aliphatic heterocycles. The lowest BCUT2D eigenvalue weighted by Crippen LogP contribution is -2.45.